The minimum Gasteiger partial charge on any atom is -0.489 e. The van der Waals surface area contributed by atoms with Gasteiger partial charge in [-0.25, -0.2) is 8.42 Å². The fraction of sp³-hybridized carbons (Fsp3) is 0.333. The lowest BCUT2D eigenvalue weighted by molar-refractivity contribution is -0.139. The van der Waals surface area contributed by atoms with E-state index in [4.69, 9.17) is 27.9 Å². The van der Waals surface area contributed by atoms with Gasteiger partial charge in [-0.15, -0.1) is 0 Å². The van der Waals surface area contributed by atoms with Gasteiger partial charge in [0.25, 0.3) is 0 Å². The largest absolute Gasteiger partial charge is 0.489 e. The van der Waals surface area contributed by atoms with Crippen LogP contribution in [0.2, 0.25) is 10.0 Å². The van der Waals surface area contributed by atoms with Crippen molar-refractivity contribution in [1.82, 2.24) is 10.2 Å². The normalized spacial score (nSPS) is 12.7. The summed E-state index contributed by atoms with van der Waals surface area (Å²) in [7, 11) is -3.87. The second-order valence-electron chi connectivity index (χ2n) is 9.79. The van der Waals surface area contributed by atoms with Crippen LogP contribution in [-0.2, 0) is 32.8 Å². The Balaban J connectivity index is 1.84. The van der Waals surface area contributed by atoms with Gasteiger partial charge >= 0.3 is 0 Å². The predicted octanol–water partition coefficient (Wildman–Crippen LogP) is 5.67. The minimum absolute atomic E-state index is 0.0200. The Morgan fingerprint density at radius 3 is 2.22 bits per heavy atom. The lowest BCUT2D eigenvalue weighted by Crippen LogP contribution is -2.52. The number of hydrogen-bond acceptors (Lipinski definition) is 5. The van der Waals surface area contributed by atoms with Gasteiger partial charge in [-0.2, -0.15) is 0 Å². The van der Waals surface area contributed by atoms with Crippen LogP contribution in [0, 0.1) is 0 Å². The molecule has 0 fully saturated rings. The predicted molar refractivity (Wildman–Crippen MR) is 164 cm³/mol. The number of hydrogen-bond donors (Lipinski definition) is 1. The molecule has 0 heterocycles. The van der Waals surface area contributed by atoms with Gasteiger partial charge in [0.1, 0.15) is 24.9 Å². The second-order valence-corrected chi connectivity index (χ2v) is 12.5. The molecule has 0 aliphatic carbocycles. The van der Waals surface area contributed by atoms with Crippen molar-refractivity contribution >= 4 is 50.7 Å². The number of carbonyl (C=O) groups is 2. The molecule has 3 aromatic rings. The third-order valence-electron chi connectivity index (χ3n) is 6.58. The van der Waals surface area contributed by atoms with E-state index >= 15 is 0 Å². The summed E-state index contributed by atoms with van der Waals surface area (Å²) in [4.78, 5) is 28.1. The molecular formula is C30H35Cl2N3O5S. The molecule has 0 radical (unpaired) electrons. The number of benzene rings is 3. The Morgan fingerprint density at radius 1 is 0.976 bits per heavy atom. The summed E-state index contributed by atoms with van der Waals surface area (Å²) in [6.07, 6.45) is 1.74. The highest BCUT2D eigenvalue weighted by Gasteiger charge is 2.31. The molecule has 2 amide bonds. The molecule has 1 N–H and O–H groups in total. The van der Waals surface area contributed by atoms with Crippen LogP contribution < -0.4 is 14.4 Å². The van der Waals surface area contributed by atoms with Crippen molar-refractivity contribution in [2.45, 2.75) is 52.4 Å². The summed E-state index contributed by atoms with van der Waals surface area (Å²) >= 11 is 12.4. The van der Waals surface area contributed by atoms with Crippen LogP contribution in [0.15, 0.2) is 72.8 Å². The molecule has 2 atom stereocenters. The first-order chi connectivity index (χ1) is 19.4. The summed E-state index contributed by atoms with van der Waals surface area (Å²) in [5.41, 5.74) is 1.85. The molecule has 0 aromatic heterocycles. The second kappa shape index (κ2) is 14.6. The van der Waals surface area contributed by atoms with Crippen molar-refractivity contribution < 1.29 is 22.7 Å². The maximum absolute atomic E-state index is 13.7. The van der Waals surface area contributed by atoms with Crippen LogP contribution in [0.1, 0.15) is 38.3 Å². The van der Waals surface area contributed by atoms with E-state index in [0.29, 0.717) is 34.4 Å². The van der Waals surface area contributed by atoms with E-state index in [0.717, 1.165) is 16.1 Å². The third-order valence-corrected chi connectivity index (χ3v) is 8.30. The van der Waals surface area contributed by atoms with Gasteiger partial charge in [-0.1, -0.05) is 66.5 Å². The molecule has 0 saturated heterocycles. The number of carbonyl (C=O) groups excluding carboxylic acids is 2. The molecule has 41 heavy (non-hydrogen) atoms. The number of anilines is 1. The fourth-order valence-corrected chi connectivity index (χ4v) is 5.26. The SMILES string of the molecule is CC[C@@H](C)NC(=O)[C@H](C)N(Cc1ccc(Cl)cc1Cl)C(=O)CN(c1ccc(OCc2ccccc2)cc1)S(C)(=O)=O. The standard InChI is InChI=1S/C30H35Cl2N3O5S/c1-5-21(2)33-30(37)22(3)34(18-24-11-12-25(31)17-28(24)32)29(36)19-35(41(4,38)39)26-13-15-27(16-14-26)40-20-23-9-7-6-8-10-23/h6-17,21-22H,5,18-20H2,1-4H3,(H,33,37)/t21-,22+/m1/s1. The number of nitrogens with zero attached hydrogens (tertiary/aromatic N) is 2. The Bertz CT molecular complexity index is 1440. The van der Waals surface area contributed by atoms with Crippen molar-refractivity contribution in [3.63, 3.8) is 0 Å². The number of amides is 2. The summed E-state index contributed by atoms with van der Waals surface area (Å²) < 4.78 is 32.5. The highest BCUT2D eigenvalue weighted by Crippen LogP contribution is 2.25. The summed E-state index contributed by atoms with van der Waals surface area (Å²) in [5.74, 6) is -0.381. The quantitative estimate of drug-likeness (QED) is 0.266. The lowest BCUT2D eigenvalue weighted by atomic mass is 10.1. The van der Waals surface area contributed by atoms with E-state index in [1.165, 1.54) is 4.90 Å². The van der Waals surface area contributed by atoms with Crippen molar-refractivity contribution in [3.8, 4) is 5.75 Å². The first-order valence-electron chi connectivity index (χ1n) is 13.2. The summed E-state index contributed by atoms with van der Waals surface area (Å²) in [6.45, 7) is 5.22. The van der Waals surface area contributed by atoms with E-state index in [1.807, 2.05) is 44.2 Å². The van der Waals surface area contributed by atoms with Crippen molar-refractivity contribution in [2.75, 3.05) is 17.1 Å². The first kappa shape index (κ1) is 32.2. The van der Waals surface area contributed by atoms with E-state index < -0.39 is 28.5 Å². The Morgan fingerprint density at radius 2 is 1.63 bits per heavy atom. The summed E-state index contributed by atoms with van der Waals surface area (Å²) in [6, 6.07) is 20.0. The molecule has 0 aliphatic rings. The van der Waals surface area contributed by atoms with Gasteiger partial charge in [0.15, 0.2) is 0 Å². The number of nitrogens with one attached hydrogen (secondary N) is 1. The first-order valence-corrected chi connectivity index (χ1v) is 15.8. The highest BCUT2D eigenvalue weighted by molar-refractivity contribution is 7.92. The van der Waals surface area contributed by atoms with E-state index in [1.54, 1.807) is 49.4 Å². The lowest BCUT2D eigenvalue weighted by Gasteiger charge is -2.32. The number of sulfonamides is 1. The average molecular weight is 621 g/mol. The number of halogens is 2. The van der Waals surface area contributed by atoms with Crippen LogP contribution in [0.3, 0.4) is 0 Å². The van der Waals surface area contributed by atoms with Crippen LogP contribution in [0.4, 0.5) is 5.69 Å². The zero-order valence-electron chi connectivity index (χ0n) is 23.5. The van der Waals surface area contributed by atoms with Gasteiger partial charge in [-0.3, -0.25) is 13.9 Å². The Hall–Kier alpha value is -3.27. The van der Waals surface area contributed by atoms with Gasteiger partial charge < -0.3 is 15.0 Å². The van der Waals surface area contributed by atoms with E-state index in [2.05, 4.69) is 5.32 Å². The molecule has 0 saturated carbocycles. The van der Waals surface area contributed by atoms with Crippen LogP contribution >= 0.6 is 23.2 Å². The van der Waals surface area contributed by atoms with Crippen molar-refractivity contribution in [2.24, 2.45) is 0 Å². The molecule has 0 bridgehead atoms. The Kier molecular flexibility index (Phi) is 11.5. The van der Waals surface area contributed by atoms with Crippen LogP contribution in [-0.4, -0.2) is 50.0 Å². The maximum Gasteiger partial charge on any atom is 0.244 e. The zero-order valence-corrected chi connectivity index (χ0v) is 25.8. The molecule has 11 heteroatoms. The van der Waals surface area contributed by atoms with Gasteiger partial charge in [0.2, 0.25) is 21.8 Å². The van der Waals surface area contributed by atoms with Gasteiger partial charge in [0.05, 0.1) is 11.9 Å². The molecule has 3 rings (SSSR count). The van der Waals surface area contributed by atoms with Gasteiger partial charge in [0, 0.05) is 22.6 Å². The minimum atomic E-state index is -3.87. The van der Waals surface area contributed by atoms with Crippen LogP contribution in [0.25, 0.3) is 0 Å². The molecule has 0 aliphatic heterocycles. The highest BCUT2D eigenvalue weighted by atomic mass is 35.5. The topological polar surface area (TPSA) is 96.0 Å². The molecule has 0 spiro atoms. The van der Waals surface area contributed by atoms with E-state index in [9.17, 15) is 18.0 Å². The third kappa shape index (κ3) is 9.38. The van der Waals surface area contributed by atoms with Crippen molar-refractivity contribution in [3.05, 3.63) is 94.0 Å². The number of ether oxygens (including phenoxy) is 1. The smallest absolute Gasteiger partial charge is 0.244 e. The van der Waals surface area contributed by atoms with Gasteiger partial charge in [-0.05, 0) is 67.8 Å². The summed E-state index contributed by atoms with van der Waals surface area (Å²) in [5, 5.41) is 3.65. The Labute approximate surface area is 252 Å². The average Bonchev–Trinajstić information content (AvgIpc) is 2.94. The molecule has 0 unspecified atom stereocenters. The maximum atomic E-state index is 13.7. The van der Waals surface area contributed by atoms with Crippen molar-refractivity contribution in [1.29, 1.82) is 0 Å². The fourth-order valence-electron chi connectivity index (χ4n) is 3.94. The monoisotopic (exact) mass is 619 g/mol. The molecular weight excluding hydrogens is 585 g/mol. The number of rotatable bonds is 13. The molecule has 3 aromatic carbocycles. The molecule has 220 valence electrons. The van der Waals surface area contributed by atoms with Crippen LogP contribution in [0.5, 0.6) is 5.75 Å². The van der Waals surface area contributed by atoms with E-state index in [-0.39, 0.29) is 24.2 Å². The molecule has 8 nitrogen and oxygen atoms in total. The zero-order chi connectivity index (χ0) is 30.2.